The third-order valence-electron chi connectivity index (χ3n) is 5.18. The molecule has 0 fully saturated rings. The summed E-state index contributed by atoms with van der Waals surface area (Å²) < 4.78 is 5.27. The van der Waals surface area contributed by atoms with Gasteiger partial charge in [0, 0.05) is 28.4 Å². The van der Waals surface area contributed by atoms with Crippen LogP contribution in [0.4, 0.5) is 16.5 Å². The van der Waals surface area contributed by atoms with Crippen LogP contribution in [-0.2, 0) is 4.79 Å². The normalized spacial score (nSPS) is 11.6. The van der Waals surface area contributed by atoms with Crippen LogP contribution in [0.1, 0.15) is 24.8 Å². The molecule has 32 heavy (non-hydrogen) atoms. The Kier molecular flexibility index (Phi) is 6.82. The fourth-order valence-corrected chi connectivity index (χ4v) is 4.27. The zero-order valence-electron chi connectivity index (χ0n) is 18.0. The molecule has 6 heteroatoms. The smallest absolute Gasteiger partial charge is 0.231 e. The van der Waals surface area contributed by atoms with E-state index in [9.17, 15) is 4.79 Å². The molecule has 0 saturated carbocycles. The molecule has 162 valence electrons. The van der Waals surface area contributed by atoms with Crippen molar-refractivity contribution >= 4 is 33.8 Å². The van der Waals surface area contributed by atoms with Crippen LogP contribution in [0.3, 0.4) is 0 Å². The molecule has 4 aromatic rings. The minimum absolute atomic E-state index is 0.00508. The summed E-state index contributed by atoms with van der Waals surface area (Å²) >= 11 is 1.53. The number of rotatable bonds is 8. The molecule has 0 saturated heterocycles. The first-order valence-corrected chi connectivity index (χ1v) is 11.4. The van der Waals surface area contributed by atoms with Crippen molar-refractivity contribution in [3.05, 3.63) is 89.8 Å². The highest BCUT2D eigenvalue weighted by molar-refractivity contribution is 7.14. The van der Waals surface area contributed by atoms with Gasteiger partial charge in [0.25, 0.3) is 0 Å². The van der Waals surface area contributed by atoms with E-state index in [0.29, 0.717) is 0 Å². The van der Waals surface area contributed by atoms with Crippen LogP contribution in [0.15, 0.2) is 84.2 Å². The average molecular weight is 444 g/mol. The van der Waals surface area contributed by atoms with Gasteiger partial charge in [-0.15, -0.1) is 11.3 Å². The predicted molar refractivity (Wildman–Crippen MR) is 132 cm³/mol. The molecule has 0 unspecified atom stereocenters. The molecule has 0 bridgehead atoms. The fraction of sp³-hybridized carbons (Fsp3) is 0.154. The van der Waals surface area contributed by atoms with E-state index >= 15 is 0 Å². The summed E-state index contributed by atoms with van der Waals surface area (Å²) in [6.45, 7) is 2.03. The van der Waals surface area contributed by atoms with Gasteiger partial charge in [-0.3, -0.25) is 4.79 Å². The van der Waals surface area contributed by atoms with Crippen molar-refractivity contribution in [1.29, 1.82) is 0 Å². The Labute approximate surface area is 192 Å². The van der Waals surface area contributed by atoms with E-state index in [2.05, 4.69) is 10.6 Å². The van der Waals surface area contributed by atoms with E-state index in [1.807, 2.05) is 91.2 Å². The Hall–Kier alpha value is -3.64. The molecule has 5 nitrogen and oxygen atoms in total. The number of amides is 1. The van der Waals surface area contributed by atoms with Crippen LogP contribution >= 0.6 is 11.3 Å². The molecule has 1 aromatic heterocycles. The minimum Gasteiger partial charge on any atom is -0.497 e. The first-order chi connectivity index (χ1) is 15.7. The second-order valence-corrected chi connectivity index (χ2v) is 8.19. The van der Waals surface area contributed by atoms with E-state index in [4.69, 9.17) is 9.72 Å². The summed E-state index contributed by atoms with van der Waals surface area (Å²) in [4.78, 5) is 17.6. The molecule has 0 aliphatic rings. The first-order valence-electron chi connectivity index (χ1n) is 10.5. The van der Waals surface area contributed by atoms with Gasteiger partial charge in [0.15, 0.2) is 5.13 Å². The number of methoxy groups -OCH3 is 1. The summed E-state index contributed by atoms with van der Waals surface area (Å²) in [6, 6.07) is 25.4. The van der Waals surface area contributed by atoms with Gasteiger partial charge < -0.3 is 15.4 Å². The number of carbonyl (C=O) groups is 1. The van der Waals surface area contributed by atoms with Crippen LogP contribution in [0, 0.1) is 0 Å². The minimum atomic E-state index is -0.183. The SMILES string of the molecule is CC[C@H](C(=O)Nc1cccc(-c2csc(Nc3cccc(OC)c3)n2)c1)c1ccccc1. The lowest BCUT2D eigenvalue weighted by atomic mass is 9.95. The molecular weight excluding hydrogens is 418 g/mol. The highest BCUT2D eigenvalue weighted by Crippen LogP contribution is 2.30. The number of aromatic nitrogens is 1. The lowest BCUT2D eigenvalue weighted by molar-refractivity contribution is -0.117. The van der Waals surface area contributed by atoms with E-state index in [1.165, 1.54) is 11.3 Å². The maximum absolute atomic E-state index is 12.9. The summed E-state index contributed by atoms with van der Waals surface area (Å²) in [5.74, 6) is 0.600. The van der Waals surface area contributed by atoms with Crippen molar-refractivity contribution in [2.45, 2.75) is 19.3 Å². The van der Waals surface area contributed by atoms with Crippen LogP contribution in [0.5, 0.6) is 5.75 Å². The van der Waals surface area contributed by atoms with Gasteiger partial charge in [-0.2, -0.15) is 0 Å². The van der Waals surface area contributed by atoms with E-state index in [-0.39, 0.29) is 11.8 Å². The molecule has 1 heterocycles. The monoisotopic (exact) mass is 443 g/mol. The van der Waals surface area contributed by atoms with Crippen LogP contribution in [0.2, 0.25) is 0 Å². The first kappa shape index (κ1) is 21.6. The van der Waals surface area contributed by atoms with Gasteiger partial charge in [-0.05, 0) is 36.2 Å². The van der Waals surface area contributed by atoms with Gasteiger partial charge in [0.2, 0.25) is 5.91 Å². The van der Waals surface area contributed by atoms with E-state index < -0.39 is 0 Å². The topological polar surface area (TPSA) is 63.2 Å². The van der Waals surface area contributed by atoms with Crippen molar-refractivity contribution in [2.75, 3.05) is 17.7 Å². The zero-order valence-corrected chi connectivity index (χ0v) is 18.9. The van der Waals surface area contributed by atoms with Crippen molar-refractivity contribution in [3.8, 4) is 17.0 Å². The molecule has 0 spiro atoms. The van der Waals surface area contributed by atoms with Gasteiger partial charge in [0.1, 0.15) is 5.75 Å². The number of carbonyl (C=O) groups excluding carboxylic acids is 1. The van der Waals surface area contributed by atoms with Crippen molar-refractivity contribution in [1.82, 2.24) is 4.98 Å². The van der Waals surface area contributed by atoms with E-state index in [1.54, 1.807) is 7.11 Å². The Balaban J connectivity index is 1.48. The Morgan fingerprint density at radius 2 is 1.78 bits per heavy atom. The van der Waals surface area contributed by atoms with Crippen molar-refractivity contribution < 1.29 is 9.53 Å². The lowest BCUT2D eigenvalue weighted by Crippen LogP contribution is -2.20. The highest BCUT2D eigenvalue weighted by atomic mass is 32.1. The van der Waals surface area contributed by atoms with Gasteiger partial charge >= 0.3 is 0 Å². The lowest BCUT2D eigenvalue weighted by Gasteiger charge is -2.15. The molecule has 3 aromatic carbocycles. The number of thiazole rings is 1. The number of anilines is 3. The number of nitrogens with one attached hydrogen (secondary N) is 2. The molecule has 1 atom stereocenters. The third kappa shape index (κ3) is 5.15. The number of ether oxygens (including phenoxy) is 1. The predicted octanol–water partition coefficient (Wildman–Crippen LogP) is 6.69. The highest BCUT2D eigenvalue weighted by Gasteiger charge is 2.18. The van der Waals surface area contributed by atoms with E-state index in [0.717, 1.165) is 45.5 Å². The molecule has 2 N–H and O–H groups in total. The van der Waals surface area contributed by atoms with Crippen molar-refractivity contribution in [3.63, 3.8) is 0 Å². The summed E-state index contributed by atoms with van der Waals surface area (Å²) in [6.07, 6.45) is 0.737. The Morgan fingerprint density at radius 1 is 1.00 bits per heavy atom. The summed E-state index contributed by atoms with van der Waals surface area (Å²) in [5, 5.41) is 9.17. The second-order valence-electron chi connectivity index (χ2n) is 7.34. The quantitative estimate of drug-likeness (QED) is 0.318. The molecule has 4 rings (SSSR count). The maximum Gasteiger partial charge on any atom is 0.231 e. The summed E-state index contributed by atoms with van der Waals surface area (Å²) in [7, 11) is 1.65. The molecule has 1 amide bonds. The maximum atomic E-state index is 12.9. The van der Waals surface area contributed by atoms with Crippen LogP contribution < -0.4 is 15.4 Å². The van der Waals surface area contributed by atoms with Crippen LogP contribution in [-0.4, -0.2) is 18.0 Å². The van der Waals surface area contributed by atoms with Crippen LogP contribution in [0.25, 0.3) is 11.3 Å². The number of hydrogen-bond donors (Lipinski definition) is 2. The third-order valence-corrected chi connectivity index (χ3v) is 5.94. The second kappa shape index (κ2) is 10.1. The number of hydrogen-bond acceptors (Lipinski definition) is 5. The van der Waals surface area contributed by atoms with Gasteiger partial charge in [0.05, 0.1) is 18.7 Å². The standard InChI is InChI=1S/C26H25N3O2S/c1-3-23(18-9-5-4-6-10-18)25(30)27-20-12-7-11-19(15-20)24-17-32-26(29-24)28-21-13-8-14-22(16-21)31-2/h4-17,23H,3H2,1-2H3,(H,27,30)(H,28,29)/t23-/m0/s1. The van der Waals surface area contributed by atoms with Gasteiger partial charge in [-0.1, -0.05) is 55.5 Å². The molecule has 0 aliphatic heterocycles. The molecular formula is C26H25N3O2S. The fourth-order valence-electron chi connectivity index (χ4n) is 3.53. The molecule has 0 radical (unpaired) electrons. The Bertz CT molecular complexity index is 1190. The van der Waals surface area contributed by atoms with Crippen molar-refractivity contribution in [2.24, 2.45) is 0 Å². The largest absolute Gasteiger partial charge is 0.497 e. The average Bonchev–Trinajstić information content (AvgIpc) is 3.29. The number of nitrogens with zero attached hydrogens (tertiary/aromatic N) is 1. The van der Waals surface area contributed by atoms with Gasteiger partial charge in [-0.25, -0.2) is 4.98 Å². The molecule has 0 aliphatic carbocycles. The zero-order chi connectivity index (χ0) is 22.3. The number of benzene rings is 3. The Morgan fingerprint density at radius 3 is 2.56 bits per heavy atom. The summed E-state index contributed by atoms with van der Waals surface area (Å²) in [5.41, 5.74) is 4.50.